The first-order chi connectivity index (χ1) is 6.13. The quantitative estimate of drug-likeness (QED) is 0.587. The van der Waals surface area contributed by atoms with Gasteiger partial charge in [0.05, 0.1) is 4.83 Å². The second kappa shape index (κ2) is 4.56. The summed E-state index contributed by atoms with van der Waals surface area (Å²) >= 11 is 3.30. The zero-order valence-electron chi connectivity index (χ0n) is 7.88. The highest BCUT2D eigenvalue weighted by atomic mass is 79.9. The third kappa shape index (κ3) is 2.96. The second-order valence-electron chi connectivity index (χ2n) is 3.29. The molecule has 0 saturated carbocycles. The molecule has 0 N–H and O–H groups in total. The van der Waals surface area contributed by atoms with Crippen molar-refractivity contribution in [2.45, 2.75) is 25.1 Å². The number of hydrogen-bond donors (Lipinski definition) is 0. The van der Waals surface area contributed by atoms with Gasteiger partial charge in [0.25, 0.3) is 0 Å². The summed E-state index contributed by atoms with van der Waals surface area (Å²) in [4.78, 5) is 10.4. The van der Waals surface area contributed by atoms with Gasteiger partial charge in [0, 0.05) is 0 Å². The first kappa shape index (κ1) is 10.5. The van der Waals surface area contributed by atoms with Gasteiger partial charge >= 0.3 is 0 Å². The van der Waals surface area contributed by atoms with Crippen molar-refractivity contribution in [1.82, 2.24) is 0 Å². The van der Waals surface area contributed by atoms with E-state index in [1.54, 1.807) is 0 Å². The van der Waals surface area contributed by atoms with Crippen LogP contribution in [0.15, 0.2) is 18.2 Å². The first-order valence-electron chi connectivity index (χ1n) is 4.29. The maximum atomic E-state index is 10.4. The summed E-state index contributed by atoms with van der Waals surface area (Å²) in [6, 6.07) is 6.30. The van der Waals surface area contributed by atoms with Gasteiger partial charge in [-0.2, -0.15) is 0 Å². The number of halogens is 1. The molecule has 0 spiro atoms. The van der Waals surface area contributed by atoms with E-state index in [1.165, 1.54) is 16.7 Å². The molecule has 1 aromatic carbocycles. The maximum absolute atomic E-state index is 10.4. The topological polar surface area (TPSA) is 17.1 Å². The molecule has 1 aromatic rings. The number of rotatable bonds is 3. The van der Waals surface area contributed by atoms with Crippen molar-refractivity contribution >= 4 is 22.2 Å². The standard InChI is InChI=1S/C11H13BrO/c1-8-3-4-10(9(2)5-8)6-11(12)7-13/h3-5,7,11H,6H2,1-2H3. The molecule has 0 amide bonds. The summed E-state index contributed by atoms with van der Waals surface area (Å²) in [7, 11) is 0. The Bertz CT molecular complexity index is 307. The van der Waals surface area contributed by atoms with Crippen molar-refractivity contribution in [3.05, 3.63) is 34.9 Å². The number of aldehydes is 1. The Morgan fingerprint density at radius 1 is 1.46 bits per heavy atom. The third-order valence-electron chi connectivity index (χ3n) is 2.06. The van der Waals surface area contributed by atoms with Gasteiger partial charge in [0.1, 0.15) is 6.29 Å². The van der Waals surface area contributed by atoms with E-state index in [2.05, 4.69) is 48.0 Å². The molecule has 0 heterocycles. The Kier molecular flexibility index (Phi) is 3.67. The molecular weight excluding hydrogens is 228 g/mol. The van der Waals surface area contributed by atoms with Gasteiger partial charge in [-0.3, -0.25) is 0 Å². The largest absolute Gasteiger partial charge is 0.302 e. The molecule has 1 nitrogen and oxygen atoms in total. The van der Waals surface area contributed by atoms with Crippen LogP contribution in [0.2, 0.25) is 0 Å². The Morgan fingerprint density at radius 2 is 2.15 bits per heavy atom. The van der Waals surface area contributed by atoms with E-state index in [0.717, 1.165) is 12.7 Å². The van der Waals surface area contributed by atoms with Gasteiger partial charge in [-0.05, 0) is 31.4 Å². The molecule has 13 heavy (non-hydrogen) atoms. The fourth-order valence-corrected chi connectivity index (χ4v) is 1.68. The molecular formula is C11H13BrO. The van der Waals surface area contributed by atoms with Crippen LogP contribution < -0.4 is 0 Å². The van der Waals surface area contributed by atoms with Crippen LogP contribution in [-0.4, -0.2) is 11.1 Å². The average molecular weight is 241 g/mol. The fraction of sp³-hybridized carbons (Fsp3) is 0.364. The average Bonchev–Trinajstić information content (AvgIpc) is 2.09. The Morgan fingerprint density at radius 3 is 2.69 bits per heavy atom. The molecule has 0 aliphatic heterocycles. The molecule has 1 atom stereocenters. The van der Waals surface area contributed by atoms with Crippen molar-refractivity contribution in [3.8, 4) is 0 Å². The van der Waals surface area contributed by atoms with E-state index in [4.69, 9.17) is 0 Å². The van der Waals surface area contributed by atoms with E-state index >= 15 is 0 Å². The summed E-state index contributed by atoms with van der Waals surface area (Å²) in [5.41, 5.74) is 3.75. The molecule has 0 saturated heterocycles. The minimum absolute atomic E-state index is 0.0612. The Hall–Kier alpha value is -0.630. The SMILES string of the molecule is Cc1ccc(CC(Br)C=O)c(C)c1. The summed E-state index contributed by atoms with van der Waals surface area (Å²) in [5.74, 6) is 0. The number of carbonyl (C=O) groups is 1. The van der Waals surface area contributed by atoms with Gasteiger partial charge in [0.15, 0.2) is 0 Å². The van der Waals surface area contributed by atoms with Gasteiger partial charge in [-0.15, -0.1) is 0 Å². The highest BCUT2D eigenvalue weighted by Gasteiger charge is 2.05. The van der Waals surface area contributed by atoms with Crippen LogP contribution in [0.25, 0.3) is 0 Å². The molecule has 0 aromatic heterocycles. The monoisotopic (exact) mass is 240 g/mol. The molecule has 1 unspecified atom stereocenters. The highest BCUT2D eigenvalue weighted by Crippen LogP contribution is 2.14. The van der Waals surface area contributed by atoms with Crippen molar-refractivity contribution in [3.63, 3.8) is 0 Å². The van der Waals surface area contributed by atoms with Crippen molar-refractivity contribution < 1.29 is 4.79 Å². The summed E-state index contributed by atoms with van der Waals surface area (Å²) in [6.07, 6.45) is 1.70. The zero-order chi connectivity index (χ0) is 9.84. The van der Waals surface area contributed by atoms with Gasteiger partial charge in [-0.1, -0.05) is 39.7 Å². The van der Waals surface area contributed by atoms with Gasteiger partial charge < -0.3 is 4.79 Å². The fourth-order valence-electron chi connectivity index (χ4n) is 1.33. The second-order valence-corrected chi connectivity index (χ2v) is 4.46. The Balaban J connectivity index is 2.83. The molecule has 0 aliphatic rings. The van der Waals surface area contributed by atoms with Crippen LogP contribution in [0.5, 0.6) is 0 Å². The third-order valence-corrected chi connectivity index (χ3v) is 2.60. The molecule has 70 valence electrons. The van der Waals surface area contributed by atoms with E-state index < -0.39 is 0 Å². The lowest BCUT2D eigenvalue weighted by molar-refractivity contribution is -0.107. The van der Waals surface area contributed by atoms with Crippen LogP contribution in [0.4, 0.5) is 0 Å². The molecule has 0 radical (unpaired) electrons. The number of carbonyl (C=O) groups excluding carboxylic acids is 1. The number of alkyl halides is 1. The van der Waals surface area contributed by atoms with E-state index in [9.17, 15) is 4.79 Å². The van der Waals surface area contributed by atoms with Crippen molar-refractivity contribution in [2.75, 3.05) is 0 Å². The number of aryl methyl sites for hydroxylation is 2. The zero-order valence-corrected chi connectivity index (χ0v) is 9.47. The lowest BCUT2D eigenvalue weighted by atomic mass is 10.0. The summed E-state index contributed by atoms with van der Waals surface area (Å²) in [5, 5.41) is 0. The van der Waals surface area contributed by atoms with Crippen molar-refractivity contribution in [1.29, 1.82) is 0 Å². The lowest BCUT2D eigenvalue weighted by Crippen LogP contribution is -2.05. The van der Waals surface area contributed by atoms with E-state index in [-0.39, 0.29) is 4.83 Å². The maximum Gasteiger partial charge on any atom is 0.133 e. The molecule has 0 aliphatic carbocycles. The predicted octanol–water partition coefficient (Wildman–Crippen LogP) is 2.81. The van der Waals surface area contributed by atoms with Gasteiger partial charge in [-0.25, -0.2) is 0 Å². The number of benzene rings is 1. The minimum atomic E-state index is -0.0612. The van der Waals surface area contributed by atoms with Crippen molar-refractivity contribution in [2.24, 2.45) is 0 Å². The molecule has 0 bridgehead atoms. The Labute approximate surface area is 87.3 Å². The predicted molar refractivity (Wildman–Crippen MR) is 58.4 cm³/mol. The smallest absolute Gasteiger partial charge is 0.133 e. The summed E-state index contributed by atoms with van der Waals surface area (Å²) in [6.45, 7) is 4.15. The van der Waals surface area contributed by atoms with Crippen LogP contribution >= 0.6 is 15.9 Å². The first-order valence-corrected chi connectivity index (χ1v) is 5.20. The minimum Gasteiger partial charge on any atom is -0.302 e. The van der Waals surface area contributed by atoms with Crippen LogP contribution in [-0.2, 0) is 11.2 Å². The number of hydrogen-bond acceptors (Lipinski definition) is 1. The highest BCUT2D eigenvalue weighted by molar-refractivity contribution is 9.09. The summed E-state index contributed by atoms with van der Waals surface area (Å²) < 4.78 is 0. The van der Waals surface area contributed by atoms with Crippen LogP contribution in [0.3, 0.4) is 0 Å². The van der Waals surface area contributed by atoms with Crippen LogP contribution in [0.1, 0.15) is 16.7 Å². The van der Waals surface area contributed by atoms with Crippen LogP contribution in [0, 0.1) is 13.8 Å². The van der Waals surface area contributed by atoms with E-state index in [0.29, 0.717) is 0 Å². The van der Waals surface area contributed by atoms with Gasteiger partial charge in [0.2, 0.25) is 0 Å². The lowest BCUT2D eigenvalue weighted by Gasteiger charge is -2.07. The van der Waals surface area contributed by atoms with E-state index in [1.807, 2.05) is 0 Å². The molecule has 1 rings (SSSR count). The normalized spacial score (nSPS) is 12.5. The molecule has 2 heteroatoms. The molecule has 0 fully saturated rings.